The first-order chi connectivity index (χ1) is 25.9. The summed E-state index contributed by atoms with van der Waals surface area (Å²) in [5, 5.41) is 3.99. The Kier molecular flexibility index (Phi) is 9.47. The Labute approximate surface area is 307 Å². The molecule has 0 bridgehead atoms. The normalized spacial score (nSPS) is 17.6. The number of nitrogens with two attached hydrogens (primary N) is 1. The minimum atomic E-state index is -0.809. The van der Waals surface area contributed by atoms with Gasteiger partial charge in [0.1, 0.15) is 24.5 Å². The number of benzene rings is 4. The summed E-state index contributed by atoms with van der Waals surface area (Å²) in [6, 6.07) is 33.4. The van der Waals surface area contributed by atoms with Gasteiger partial charge in [0.25, 0.3) is 0 Å². The van der Waals surface area contributed by atoms with Crippen molar-refractivity contribution in [2.75, 3.05) is 18.4 Å². The fourth-order valence-corrected chi connectivity index (χ4v) is 7.43. The smallest absolute Gasteiger partial charge is 0.410 e. The second-order valence-corrected chi connectivity index (χ2v) is 13.7. The second kappa shape index (κ2) is 14.8. The summed E-state index contributed by atoms with van der Waals surface area (Å²) in [5.41, 5.74) is 13.4. The average molecular weight is 708 g/mol. The van der Waals surface area contributed by atoms with Crippen molar-refractivity contribution in [3.63, 3.8) is 0 Å². The Morgan fingerprint density at radius 3 is 2.28 bits per heavy atom. The van der Waals surface area contributed by atoms with Crippen molar-refractivity contribution in [2.45, 2.75) is 50.4 Å². The minimum absolute atomic E-state index is 0.162. The summed E-state index contributed by atoms with van der Waals surface area (Å²) in [4.78, 5) is 54.6. The lowest BCUT2D eigenvalue weighted by Crippen LogP contribution is -2.46. The zero-order valence-electron chi connectivity index (χ0n) is 29.2. The third-order valence-corrected chi connectivity index (χ3v) is 10.3. The quantitative estimate of drug-likeness (QED) is 0.124. The van der Waals surface area contributed by atoms with Crippen molar-refractivity contribution in [3.8, 4) is 22.5 Å². The number of rotatable bonds is 9. The maximum Gasteiger partial charge on any atom is 0.410 e. The molecule has 3 amide bonds. The number of carbonyl (C=O) groups excluding carboxylic acids is 3. The second-order valence-electron chi connectivity index (χ2n) is 13.7. The molecular weight excluding hydrogens is 667 g/mol. The van der Waals surface area contributed by atoms with Gasteiger partial charge in [0, 0.05) is 35.4 Å². The Morgan fingerprint density at radius 1 is 0.811 bits per heavy atom. The molecule has 11 heteroatoms. The van der Waals surface area contributed by atoms with Gasteiger partial charge in [0.15, 0.2) is 0 Å². The lowest BCUT2D eigenvalue weighted by Gasteiger charge is -2.27. The van der Waals surface area contributed by atoms with Crippen LogP contribution in [0.25, 0.3) is 33.4 Å². The van der Waals surface area contributed by atoms with Gasteiger partial charge in [-0.05, 0) is 72.2 Å². The zero-order chi connectivity index (χ0) is 36.3. The molecule has 0 saturated carbocycles. The lowest BCUT2D eigenvalue weighted by molar-refractivity contribution is -0.137. The number of imidazole rings is 1. The Morgan fingerprint density at radius 2 is 1.51 bits per heavy atom. The Hall–Kier alpha value is -6.20. The van der Waals surface area contributed by atoms with Crippen molar-refractivity contribution in [1.82, 2.24) is 24.8 Å². The van der Waals surface area contributed by atoms with Crippen LogP contribution in [0.15, 0.2) is 115 Å². The first kappa shape index (κ1) is 33.9. The molecule has 3 atom stereocenters. The number of aromatic nitrogens is 3. The van der Waals surface area contributed by atoms with Crippen molar-refractivity contribution in [3.05, 3.63) is 132 Å². The van der Waals surface area contributed by atoms with E-state index in [4.69, 9.17) is 10.5 Å². The van der Waals surface area contributed by atoms with E-state index in [1.807, 2.05) is 97.2 Å². The number of aromatic amines is 2. The first-order valence-corrected chi connectivity index (χ1v) is 18.1. The van der Waals surface area contributed by atoms with E-state index in [0.717, 1.165) is 69.6 Å². The van der Waals surface area contributed by atoms with Crippen LogP contribution in [0.3, 0.4) is 0 Å². The molecule has 4 aromatic carbocycles. The van der Waals surface area contributed by atoms with E-state index in [9.17, 15) is 14.4 Å². The number of anilines is 1. The SMILES string of the molecule is N[C@@H](C(=O)N1CCC[C@H]1C(=O)Nc1ccc2[nH]c(-c3ccc(-c4cnc([C@@H]5CCCN5C(=O)OCc5ccccc5)[nH]4)cc3)cc2c1)c1ccccc1. The molecular formula is C42H41N7O4. The predicted molar refractivity (Wildman–Crippen MR) is 203 cm³/mol. The molecule has 0 spiro atoms. The van der Waals surface area contributed by atoms with Crippen molar-refractivity contribution >= 4 is 34.5 Å². The van der Waals surface area contributed by atoms with Crippen LogP contribution in [0.2, 0.25) is 0 Å². The van der Waals surface area contributed by atoms with E-state index in [0.29, 0.717) is 25.2 Å². The van der Waals surface area contributed by atoms with E-state index < -0.39 is 12.1 Å². The van der Waals surface area contributed by atoms with Crippen molar-refractivity contribution in [2.24, 2.45) is 5.73 Å². The molecule has 2 aliphatic rings. The maximum atomic E-state index is 13.4. The fraction of sp³-hybridized carbons (Fsp3) is 0.238. The van der Waals surface area contributed by atoms with Gasteiger partial charge < -0.3 is 30.7 Å². The van der Waals surface area contributed by atoms with Gasteiger partial charge >= 0.3 is 6.09 Å². The molecule has 4 heterocycles. The van der Waals surface area contributed by atoms with Crippen LogP contribution in [-0.2, 0) is 20.9 Å². The monoisotopic (exact) mass is 707 g/mol. The standard InChI is InChI=1S/C42H41N7O4/c43-38(30-11-5-2-6-12-30)41(51)48-21-8-14-37(48)40(50)45-32-19-20-33-31(23-32)24-34(46-33)28-15-17-29(18-16-28)35-25-44-39(47-35)36-13-7-22-49(36)42(52)53-26-27-9-3-1-4-10-27/h1-6,9-12,15-20,23-25,36-38,46H,7-8,13-14,21-22,26,43H2,(H,44,47)(H,45,50)/t36-,37-,38+/m0/s1. The number of nitrogens with zero attached hydrogens (tertiary/aromatic N) is 3. The molecule has 5 N–H and O–H groups in total. The van der Waals surface area contributed by atoms with E-state index in [2.05, 4.69) is 38.5 Å². The number of hydrogen-bond donors (Lipinski definition) is 4. The van der Waals surface area contributed by atoms with Gasteiger partial charge in [0.05, 0.1) is 17.9 Å². The Bertz CT molecular complexity index is 2230. The van der Waals surface area contributed by atoms with Crippen LogP contribution >= 0.6 is 0 Å². The van der Waals surface area contributed by atoms with E-state index >= 15 is 0 Å². The molecule has 2 fully saturated rings. The molecule has 0 radical (unpaired) electrons. The van der Waals surface area contributed by atoms with Gasteiger partial charge in [0.2, 0.25) is 11.8 Å². The molecule has 0 unspecified atom stereocenters. The van der Waals surface area contributed by atoms with E-state index in [-0.39, 0.29) is 30.6 Å². The van der Waals surface area contributed by atoms with Crippen LogP contribution in [0.5, 0.6) is 0 Å². The first-order valence-electron chi connectivity index (χ1n) is 18.1. The lowest BCUT2D eigenvalue weighted by atomic mass is 10.1. The summed E-state index contributed by atoms with van der Waals surface area (Å²) >= 11 is 0. The summed E-state index contributed by atoms with van der Waals surface area (Å²) in [7, 11) is 0. The van der Waals surface area contributed by atoms with E-state index in [1.165, 1.54) is 0 Å². The molecule has 2 aromatic heterocycles. The molecule has 2 saturated heterocycles. The van der Waals surface area contributed by atoms with Crippen LogP contribution in [0.4, 0.5) is 10.5 Å². The fourth-order valence-electron chi connectivity index (χ4n) is 7.43. The zero-order valence-corrected chi connectivity index (χ0v) is 29.2. The third kappa shape index (κ3) is 7.16. The number of fused-ring (bicyclic) bond motifs is 1. The summed E-state index contributed by atoms with van der Waals surface area (Å²) in [6.45, 7) is 1.37. The van der Waals surface area contributed by atoms with E-state index in [1.54, 1.807) is 9.80 Å². The molecule has 0 aliphatic carbocycles. The highest BCUT2D eigenvalue weighted by Gasteiger charge is 2.37. The number of ether oxygens (including phenoxy) is 1. The topological polar surface area (TPSA) is 149 Å². The van der Waals surface area contributed by atoms with Crippen LogP contribution < -0.4 is 11.1 Å². The molecule has 6 aromatic rings. The number of likely N-dealkylation sites (tertiary alicyclic amines) is 2. The van der Waals surface area contributed by atoms with Gasteiger partial charge in [-0.3, -0.25) is 14.5 Å². The highest BCUT2D eigenvalue weighted by molar-refractivity contribution is 6.00. The van der Waals surface area contributed by atoms with Crippen LogP contribution in [-0.4, -0.2) is 61.8 Å². The third-order valence-electron chi connectivity index (χ3n) is 10.3. The highest BCUT2D eigenvalue weighted by Crippen LogP contribution is 2.33. The average Bonchev–Trinajstić information content (AvgIpc) is 4.03. The number of amides is 3. The number of nitrogens with one attached hydrogen (secondary N) is 3. The predicted octanol–water partition coefficient (Wildman–Crippen LogP) is 7.33. The maximum absolute atomic E-state index is 13.4. The number of H-pyrrole nitrogens is 2. The van der Waals surface area contributed by atoms with Gasteiger partial charge in [-0.1, -0.05) is 84.9 Å². The minimum Gasteiger partial charge on any atom is -0.445 e. The summed E-state index contributed by atoms with van der Waals surface area (Å²) < 4.78 is 5.62. The van der Waals surface area contributed by atoms with Gasteiger partial charge in [-0.15, -0.1) is 0 Å². The molecule has 8 rings (SSSR count). The molecule has 2 aliphatic heterocycles. The van der Waals surface area contributed by atoms with Crippen LogP contribution in [0.1, 0.15) is 54.7 Å². The van der Waals surface area contributed by atoms with Crippen molar-refractivity contribution < 1.29 is 19.1 Å². The number of carbonyl (C=O) groups is 3. The number of hydrogen-bond acceptors (Lipinski definition) is 6. The largest absolute Gasteiger partial charge is 0.445 e. The van der Waals surface area contributed by atoms with Crippen molar-refractivity contribution in [1.29, 1.82) is 0 Å². The Balaban J connectivity index is 0.907. The summed E-state index contributed by atoms with van der Waals surface area (Å²) in [5.74, 6) is 0.294. The van der Waals surface area contributed by atoms with Gasteiger partial charge in [-0.2, -0.15) is 0 Å². The molecule has 53 heavy (non-hydrogen) atoms. The van der Waals surface area contributed by atoms with Crippen LogP contribution in [0, 0.1) is 0 Å². The highest BCUT2D eigenvalue weighted by atomic mass is 16.6. The summed E-state index contributed by atoms with van der Waals surface area (Å²) in [6.07, 6.45) is 4.53. The molecule has 11 nitrogen and oxygen atoms in total. The molecule has 268 valence electrons. The van der Waals surface area contributed by atoms with Gasteiger partial charge in [-0.25, -0.2) is 9.78 Å².